The lowest BCUT2D eigenvalue weighted by molar-refractivity contribution is -0.130. The van der Waals surface area contributed by atoms with Crippen molar-refractivity contribution in [2.24, 2.45) is 0 Å². The third-order valence-electron chi connectivity index (χ3n) is 2.83. The normalized spacial score (nSPS) is 18.5. The molecule has 92 valence electrons. The van der Waals surface area contributed by atoms with Gasteiger partial charge in [0, 0.05) is 19.6 Å². The first-order valence-electron chi connectivity index (χ1n) is 5.80. The van der Waals surface area contributed by atoms with E-state index in [1.165, 1.54) is 0 Å². The predicted molar refractivity (Wildman–Crippen MR) is 65.4 cm³/mol. The summed E-state index contributed by atoms with van der Waals surface area (Å²) >= 11 is 0. The highest BCUT2D eigenvalue weighted by molar-refractivity contribution is 5.78. The Balaban J connectivity index is 1.69. The molecule has 0 unspecified atom stereocenters. The lowest BCUT2D eigenvalue weighted by atomic mass is 9.97. The Hall–Kier alpha value is -1.39. The van der Waals surface area contributed by atoms with Crippen LogP contribution in [0, 0.1) is 0 Å². The van der Waals surface area contributed by atoms with Gasteiger partial charge in [-0.05, 0) is 12.5 Å². The van der Waals surface area contributed by atoms with Gasteiger partial charge >= 0.3 is 0 Å². The maximum Gasteiger partial charge on any atom is 0.234 e. The molecule has 1 saturated heterocycles. The van der Waals surface area contributed by atoms with Crippen LogP contribution in [-0.4, -0.2) is 41.1 Å². The molecule has 0 aromatic heterocycles. The minimum Gasteiger partial charge on any atom is -0.388 e. The van der Waals surface area contributed by atoms with Gasteiger partial charge in [-0.15, -0.1) is 0 Å². The molecule has 0 aliphatic carbocycles. The van der Waals surface area contributed by atoms with Gasteiger partial charge in [0.05, 0.1) is 12.1 Å². The number of carbonyl (C=O) groups excluding carboxylic acids is 1. The van der Waals surface area contributed by atoms with E-state index in [4.69, 9.17) is 0 Å². The van der Waals surface area contributed by atoms with Crippen molar-refractivity contribution in [2.45, 2.75) is 19.1 Å². The van der Waals surface area contributed by atoms with Crippen molar-refractivity contribution in [1.82, 2.24) is 10.2 Å². The third kappa shape index (κ3) is 3.54. The number of hydrogen-bond acceptors (Lipinski definition) is 3. The molecular formula is C13H18N2O2. The van der Waals surface area contributed by atoms with Crippen LogP contribution >= 0.6 is 0 Å². The van der Waals surface area contributed by atoms with Crippen LogP contribution in [0.2, 0.25) is 0 Å². The molecule has 4 heteroatoms. The number of benzene rings is 1. The number of nitrogens with zero attached hydrogens (tertiary/aromatic N) is 1. The molecule has 1 heterocycles. The first-order valence-corrected chi connectivity index (χ1v) is 5.80. The monoisotopic (exact) mass is 234 g/mol. The minimum absolute atomic E-state index is 0.00403. The average molecular weight is 234 g/mol. The molecule has 2 N–H and O–H groups in total. The fourth-order valence-electron chi connectivity index (χ4n) is 2.08. The van der Waals surface area contributed by atoms with Crippen molar-refractivity contribution >= 4 is 5.91 Å². The molecule has 0 bridgehead atoms. The molecular weight excluding hydrogens is 216 g/mol. The number of carbonyl (C=O) groups is 1. The van der Waals surface area contributed by atoms with Crippen molar-refractivity contribution in [3.8, 4) is 0 Å². The van der Waals surface area contributed by atoms with Gasteiger partial charge in [0.1, 0.15) is 0 Å². The predicted octanol–water partition coefficient (Wildman–Crippen LogP) is 0.369. The number of nitrogens with one attached hydrogen (secondary N) is 1. The number of likely N-dealkylation sites (tertiary alicyclic amines) is 1. The van der Waals surface area contributed by atoms with Crippen LogP contribution in [0.4, 0.5) is 0 Å². The van der Waals surface area contributed by atoms with Gasteiger partial charge in [-0.25, -0.2) is 0 Å². The van der Waals surface area contributed by atoms with Crippen LogP contribution in [0.5, 0.6) is 0 Å². The largest absolute Gasteiger partial charge is 0.388 e. The van der Waals surface area contributed by atoms with Gasteiger partial charge in [-0.3, -0.25) is 9.69 Å². The molecule has 2 rings (SSSR count). The first kappa shape index (κ1) is 12.1. The molecule has 1 aliphatic rings. The van der Waals surface area contributed by atoms with Gasteiger partial charge in [0.2, 0.25) is 5.91 Å². The number of rotatable bonds is 4. The quantitative estimate of drug-likeness (QED) is 0.791. The number of aliphatic hydroxyl groups is 1. The Morgan fingerprint density at radius 2 is 2.06 bits per heavy atom. The fraction of sp³-hybridized carbons (Fsp3) is 0.462. The summed E-state index contributed by atoms with van der Waals surface area (Å²) < 4.78 is 0. The third-order valence-corrected chi connectivity index (χ3v) is 2.83. The maximum absolute atomic E-state index is 11.6. The highest BCUT2D eigenvalue weighted by Gasteiger charge is 2.36. The van der Waals surface area contributed by atoms with Crippen LogP contribution in [-0.2, 0) is 11.3 Å². The summed E-state index contributed by atoms with van der Waals surface area (Å²) in [4.78, 5) is 13.5. The fourth-order valence-corrected chi connectivity index (χ4v) is 2.08. The SMILES string of the molecule is CC1(O)CN(CC(=O)NCc2ccccc2)C1. The Bertz CT molecular complexity index is 382. The van der Waals surface area contributed by atoms with Gasteiger partial charge in [-0.2, -0.15) is 0 Å². The zero-order valence-electron chi connectivity index (χ0n) is 10.0. The van der Waals surface area contributed by atoms with E-state index in [0.717, 1.165) is 5.56 Å². The lowest BCUT2D eigenvalue weighted by Gasteiger charge is -2.43. The van der Waals surface area contributed by atoms with Crippen molar-refractivity contribution in [3.63, 3.8) is 0 Å². The summed E-state index contributed by atoms with van der Waals surface area (Å²) in [6.07, 6.45) is 0. The standard InChI is InChI=1S/C13H18N2O2/c1-13(17)9-15(10-13)8-12(16)14-7-11-5-3-2-4-6-11/h2-6,17H,7-10H2,1H3,(H,14,16). The smallest absolute Gasteiger partial charge is 0.234 e. The summed E-state index contributed by atoms with van der Waals surface area (Å²) in [5, 5.41) is 12.4. The van der Waals surface area contributed by atoms with Crippen molar-refractivity contribution in [2.75, 3.05) is 19.6 Å². The average Bonchev–Trinajstić information content (AvgIpc) is 2.25. The van der Waals surface area contributed by atoms with Crippen molar-refractivity contribution in [3.05, 3.63) is 35.9 Å². The Morgan fingerprint density at radius 3 is 2.65 bits per heavy atom. The second-order valence-corrected chi connectivity index (χ2v) is 4.90. The zero-order valence-corrected chi connectivity index (χ0v) is 10.0. The summed E-state index contributed by atoms with van der Waals surface area (Å²) in [7, 11) is 0. The van der Waals surface area contributed by atoms with Gasteiger partial charge < -0.3 is 10.4 Å². The summed E-state index contributed by atoms with van der Waals surface area (Å²) in [5.74, 6) is 0.00403. The minimum atomic E-state index is -0.611. The highest BCUT2D eigenvalue weighted by Crippen LogP contribution is 2.18. The topological polar surface area (TPSA) is 52.6 Å². The van der Waals surface area contributed by atoms with Gasteiger partial charge in [0.15, 0.2) is 0 Å². The van der Waals surface area contributed by atoms with Crippen molar-refractivity contribution < 1.29 is 9.90 Å². The highest BCUT2D eigenvalue weighted by atomic mass is 16.3. The van der Waals surface area contributed by atoms with Gasteiger partial charge in [-0.1, -0.05) is 30.3 Å². The van der Waals surface area contributed by atoms with E-state index in [0.29, 0.717) is 26.2 Å². The van der Waals surface area contributed by atoms with Crippen LogP contribution in [0.15, 0.2) is 30.3 Å². The number of amides is 1. The summed E-state index contributed by atoms with van der Waals surface area (Å²) in [5.41, 5.74) is 0.483. The lowest BCUT2D eigenvalue weighted by Crippen LogP contribution is -2.61. The van der Waals surface area contributed by atoms with Crippen LogP contribution in [0.3, 0.4) is 0 Å². The molecule has 1 fully saturated rings. The molecule has 0 spiro atoms. The van der Waals surface area contributed by atoms with E-state index in [1.807, 2.05) is 35.2 Å². The molecule has 1 aromatic rings. The number of β-amino-alcohol motifs (C(OH)–C–C–N with tert-alkyl or cyclic N) is 1. The molecule has 0 radical (unpaired) electrons. The first-order chi connectivity index (χ1) is 8.05. The molecule has 1 amide bonds. The molecule has 1 aliphatic heterocycles. The summed E-state index contributed by atoms with van der Waals surface area (Å²) in [6, 6.07) is 9.82. The second-order valence-electron chi connectivity index (χ2n) is 4.90. The van der Waals surface area contributed by atoms with E-state index in [9.17, 15) is 9.90 Å². The molecule has 4 nitrogen and oxygen atoms in total. The van der Waals surface area contributed by atoms with E-state index in [1.54, 1.807) is 6.92 Å². The molecule has 1 aromatic carbocycles. The Labute approximate surface area is 101 Å². The maximum atomic E-state index is 11.6. The summed E-state index contributed by atoms with van der Waals surface area (Å²) in [6.45, 7) is 3.86. The second kappa shape index (κ2) is 4.85. The van der Waals surface area contributed by atoms with E-state index in [-0.39, 0.29) is 5.91 Å². The van der Waals surface area contributed by atoms with Crippen LogP contribution < -0.4 is 5.32 Å². The van der Waals surface area contributed by atoms with E-state index in [2.05, 4.69) is 5.32 Å². The molecule has 17 heavy (non-hydrogen) atoms. The van der Waals surface area contributed by atoms with Crippen LogP contribution in [0.25, 0.3) is 0 Å². The molecule has 0 atom stereocenters. The van der Waals surface area contributed by atoms with Gasteiger partial charge in [0.25, 0.3) is 0 Å². The van der Waals surface area contributed by atoms with Crippen LogP contribution in [0.1, 0.15) is 12.5 Å². The number of hydrogen-bond donors (Lipinski definition) is 2. The Kier molecular flexibility index (Phi) is 3.45. The molecule has 0 saturated carbocycles. The van der Waals surface area contributed by atoms with Crippen molar-refractivity contribution in [1.29, 1.82) is 0 Å². The van der Waals surface area contributed by atoms with E-state index < -0.39 is 5.60 Å². The zero-order chi connectivity index (χ0) is 12.3. The van der Waals surface area contributed by atoms with E-state index >= 15 is 0 Å². The Morgan fingerprint density at radius 1 is 1.41 bits per heavy atom.